The van der Waals surface area contributed by atoms with Crippen LogP contribution in [0.1, 0.15) is 77.3 Å². The minimum atomic E-state index is -0.170. The molecule has 29 heavy (non-hydrogen) atoms. The van der Waals surface area contributed by atoms with E-state index in [4.69, 9.17) is 0 Å². The summed E-state index contributed by atoms with van der Waals surface area (Å²) < 4.78 is 0. The highest BCUT2D eigenvalue weighted by molar-refractivity contribution is 5.34. The summed E-state index contributed by atoms with van der Waals surface area (Å²) in [4.78, 5) is 0. The van der Waals surface area contributed by atoms with Crippen LogP contribution >= 0.6 is 0 Å². The number of hydrogen-bond acceptors (Lipinski definition) is 2. The topological polar surface area (TPSA) is 40.5 Å². The molecule has 0 saturated heterocycles. The Bertz CT molecular complexity index is 706. The quantitative estimate of drug-likeness (QED) is 0.503. The average Bonchev–Trinajstić information content (AvgIpc) is 3.01. The van der Waals surface area contributed by atoms with Crippen molar-refractivity contribution in [2.45, 2.75) is 85.7 Å². The van der Waals surface area contributed by atoms with Gasteiger partial charge in [0.2, 0.25) is 0 Å². The molecular formula is C27H42O2. The van der Waals surface area contributed by atoms with E-state index in [9.17, 15) is 10.2 Å². The van der Waals surface area contributed by atoms with Crippen molar-refractivity contribution >= 4 is 0 Å². The van der Waals surface area contributed by atoms with E-state index in [2.05, 4.69) is 46.8 Å². The number of aryl methyl sites for hydroxylation is 2. The molecule has 2 heteroatoms. The maximum Gasteiger partial charge on any atom is 0.115 e. The third-order valence-electron chi connectivity index (χ3n) is 8.23. The maximum absolute atomic E-state index is 10.9. The molecule has 2 N–H and O–H groups in total. The Labute approximate surface area is 178 Å². The molecule has 0 spiro atoms. The van der Waals surface area contributed by atoms with Crippen molar-refractivity contribution in [3.05, 3.63) is 41.5 Å². The standard InChI is InChI=1S/C27H42O2/c1-18(2)7-6-8-20(4)24-13-14-25-23(26(29)15-16-27(24,25)5)12-10-21-17-22(28)11-9-19(21)3/h6,8-9,11,17-18,20,23-26,28-29H,7,10,12-16H2,1-5H3/b8-6+/t20?,23-,24+,25-,26+,27+/m0/s1. The molecular weight excluding hydrogens is 356 g/mol. The molecule has 162 valence electrons. The fourth-order valence-electron chi connectivity index (χ4n) is 6.51. The Hall–Kier alpha value is -1.28. The van der Waals surface area contributed by atoms with Gasteiger partial charge < -0.3 is 10.2 Å². The molecule has 2 fully saturated rings. The van der Waals surface area contributed by atoms with Gasteiger partial charge in [-0.1, -0.05) is 45.9 Å². The van der Waals surface area contributed by atoms with Crippen LogP contribution in [0, 0.1) is 41.9 Å². The van der Waals surface area contributed by atoms with Gasteiger partial charge in [-0.2, -0.15) is 0 Å². The zero-order chi connectivity index (χ0) is 21.2. The largest absolute Gasteiger partial charge is 0.508 e. The summed E-state index contributed by atoms with van der Waals surface area (Å²) >= 11 is 0. The van der Waals surface area contributed by atoms with Gasteiger partial charge >= 0.3 is 0 Å². The third-order valence-corrected chi connectivity index (χ3v) is 8.23. The monoisotopic (exact) mass is 398 g/mol. The Kier molecular flexibility index (Phi) is 7.14. The van der Waals surface area contributed by atoms with Crippen molar-refractivity contribution in [2.75, 3.05) is 0 Å². The number of hydrogen-bond donors (Lipinski definition) is 2. The molecule has 2 aliphatic rings. The summed E-state index contributed by atoms with van der Waals surface area (Å²) in [7, 11) is 0. The van der Waals surface area contributed by atoms with E-state index >= 15 is 0 Å². The second-order valence-corrected chi connectivity index (χ2v) is 10.6. The first kappa shape index (κ1) is 22.4. The predicted molar refractivity (Wildman–Crippen MR) is 122 cm³/mol. The molecule has 1 aromatic carbocycles. The number of phenolic OH excluding ortho intramolecular Hbond substituents is 1. The van der Waals surface area contributed by atoms with E-state index in [1.165, 1.54) is 30.4 Å². The van der Waals surface area contributed by atoms with Gasteiger partial charge in [0.1, 0.15) is 5.75 Å². The molecule has 2 nitrogen and oxygen atoms in total. The predicted octanol–water partition coefficient (Wildman–Crippen LogP) is 6.68. The van der Waals surface area contributed by atoms with Crippen LogP contribution in [0.15, 0.2) is 30.4 Å². The maximum atomic E-state index is 10.9. The Balaban J connectivity index is 1.71. The van der Waals surface area contributed by atoms with E-state index in [1.807, 2.05) is 12.1 Å². The summed E-state index contributed by atoms with van der Waals surface area (Å²) in [5, 5.41) is 20.8. The van der Waals surface area contributed by atoms with Crippen LogP contribution in [0.3, 0.4) is 0 Å². The molecule has 0 aliphatic heterocycles. The second kappa shape index (κ2) is 9.25. The number of aliphatic hydroxyl groups is 1. The van der Waals surface area contributed by atoms with E-state index < -0.39 is 0 Å². The van der Waals surface area contributed by atoms with Crippen LogP contribution in [-0.2, 0) is 6.42 Å². The summed E-state index contributed by atoms with van der Waals surface area (Å²) in [5.41, 5.74) is 2.81. The fraction of sp³-hybridized carbons (Fsp3) is 0.704. The van der Waals surface area contributed by atoms with Crippen molar-refractivity contribution in [3.8, 4) is 5.75 Å². The molecule has 0 bridgehead atoms. The van der Waals surface area contributed by atoms with Gasteiger partial charge in [-0.3, -0.25) is 0 Å². The van der Waals surface area contributed by atoms with Crippen molar-refractivity contribution in [1.29, 1.82) is 0 Å². The van der Waals surface area contributed by atoms with Gasteiger partial charge in [0, 0.05) is 0 Å². The first-order valence-electron chi connectivity index (χ1n) is 11.9. The summed E-state index contributed by atoms with van der Waals surface area (Å²) in [6, 6.07) is 5.67. The van der Waals surface area contributed by atoms with Gasteiger partial charge in [0.15, 0.2) is 0 Å². The molecule has 0 heterocycles. The number of allylic oxidation sites excluding steroid dienone is 2. The van der Waals surface area contributed by atoms with Gasteiger partial charge in [0.05, 0.1) is 6.10 Å². The van der Waals surface area contributed by atoms with Crippen molar-refractivity contribution in [1.82, 2.24) is 0 Å². The minimum Gasteiger partial charge on any atom is -0.508 e. The van der Waals surface area contributed by atoms with Crippen LogP contribution in [0.2, 0.25) is 0 Å². The molecule has 0 aromatic heterocycles. The zero-order valence-electron chi connectivity index (χ0n) is 19.2. The molecule has 2 saturated carbocycles. The van der Waals surface area contributed by atoms with Crippen LogP contribution < -0.4 is 0 Å². The molecule has 0 radical (unpaired) electrons. The van der Waals surface area contributed by atoms with Crippen molar-refractivity contribution in [2.24, 2.45) is 35.0 Å². The Morgan fingerprint density at radius 3 is 2.66 bits per heavy atom. The third kappa shape index (κ3) is 4.90. The molecule has 3 rings (SSSR count). The smallest absolute Gasteiger partial charge is 0.115 e. The highest BCUT2D eigenvalue weighted by Gasteiger charge is 2.54. The lowest BCUT2D eigenvalue weighted by Gasteiger charge is -2.48. The van der Waals surface area contributed by atoms with Crippen LogP contribution in [0.4, 0.5) is 0 Å². The van der Waals surface area contributed by atoms with Crippen LogP contribution in [0.5, 0.6) is 5.75 Å². The fourth-order valence-corrected chi connectivity index (χ4v) is 6.51. The number of benzene rings is 1. The summed E-state index contributed by atoms with van der Waals surface area (Å²) in [6.07, 6.45) is 12.5. The van der Waals surface area contributed by atoms with Gasteiger partial charge in [-0.25, -0.2) is 0 Å². The number of rotatable bonds is 7. The lowest BCUT2D eigenvalue weighted by molar-refractivity contribution is -0.0493. The molecule has 1 aromatic rings. The number of phenols is 1. The normalized spacial score (nSPS) is 33.3. The van der Waals surface area contributed by atoms with E-state index in [1.54, 1.807) is 6.07 Å². The highest BCUT2D eigenvalue weighted by atomic mass is 16.3. The highest BCUT2D eigenvalue weighted by Crippen LogP contribution is 2.60. The number of aromatic hydroxyl groups is 1. The first-order valence-corrected chi connectivity index (χ1v) is 11.9. The van der Waals surface area contributed by atoms with Crippen molar-refractivity contribution < 1.29 is 10.2 Å². The molecule has 2 aliphatic carbocycles. The van der Waals surface area contributed by atoms with Crippen LogP contribution in [0.25, 0.3) is 0 Å². The van der Waals surface area contributed by atoms with Gasteiger partial charge in [-0.15, -0.1) is 0 Å². The first-order chi connectivity index (χ1) is 13.7. The van der Waals surface area contributed by atoms with Crippen molar-refractivity contribution in [3.63, 3.8) is 0 Å². The second-order valence-electron chi connectivity index (χ2n) is 10.6. The zero-order valence-corrected chi connectivity index (χ0v) is 19.2. The number of fused-ring (bicyclic) bond motifs is 1. The van der Waals surface area contributed by atoms with Gasteiger partial charge in [-0.05, 0) is 110 Å². The summed E-state index contributed by atoms with van der Waals surface area (Å²) in [6.45, 7) is 11.6. The van der Waals surface area contributed by atoms with E-state index in [0.717, 1.165) is 37.5 Å². The number of aliphatic hydroxyl groups excluding tert-OH is 1. The lowest BCUT2D eigenvalue weighted by Crippen LogP contribution is -2.45. The van der Waals surface area contributed by atoms with Crippen LogP contribution in [-0.4, -0.2) is 16.3 Å². The average molecular weight is 399 g/mol. The van der Waals surface area contributed by atoms with Gasteiger partial charge in [0.25, 0.3) is 0 Å². The Morgan fingerprint density at radius 1 is 1.17 bits per heavy atom. The summed E-state index contributed by atoms with van der Waals surface area (Å²) in [5.74, 6) is 3.42. The Morgan fingerprint density at radius 2 is 1.93 bits per heavy atom. The SMILES string of the molecule is Cc1ccc(O)cc1CC[C@@H]1[C@H](O)CC[C@]2(C)[C@@H](C(C)/C=C/CC(C)C)CC[C@@H]12. The minimum absolute atomic E-state index is 0.170. The lowest BCUT2D eigenvalue weighted by atomic mass is 9.58. The molecule has 1 unspecified atom stereocenters. The van der Waals surface area contributed by atoms with E-state index in [-0.39, 0.29) is 6.10 Å². The molecule has 0 amide bonds. The van der Waals surface area contributed by atoms with E-state index in [0.29, 0.717) is 28.9 Å². The molecule has 6 atom stereocenters.